The molecule has 1 N–H and O–H groups in total. The summed E-state index contributed by atoms with van der Waals surface area (Å²) in [5.74, 6) is 0.661. The number of nitrogens with one attached hydrogen (secondary N) is 1. The number of methoxy groups -OCH3 is 3. The summed E-state index contributed by atoms with van der Waals surface area (Å²) >= 11 is 6.38. The Morgan fingerprint density at radius 3 is 2.30 bits per heavy atom. The van der Waals surface area contributed by atoms with Crippen molar-refractivity contribution in [3.05, 3.63) is 58.5 Å². The molecular weight excluding hydrogens is 424 g/mol. The van der Waals surface area contributed by atoms with Crippen molar-refractivity contribution in [3.63, 3.8) is 0 Å². The lowest BCUT2D eigenvalue weighted by Gasteiger charge is -2.15. The Balaban J connectivity index is 1.78. The van der Waals surface area contributed by atoms with Crippen molar-refractivity contribution in [2.75, 3.05) is 21.3 Å². The maximum atomic E-state index is 12.8. The zero-order valence-corrected chi connectivity index (χ0v) is 18.3. The molecule has 2 amide bonds. The van der Waals surface area contributed by atoms with Crippen LogP contribution in [0.2, 0.25) is 0 Å². The van der Waals surface area contributed by atoms with E-state index in [1.54, 1.807) is 18.2 Å². The molecule has 0 aromatic heterocycles. The number of hydrazine groups is 1. The molecule has 0 unspecified atom stereocenters. The third-order valence-corrected chi connectivity index (χ3v) is 5.52. The summed E-state index contributed by atoms with van der Waals surface area (Å²) in [4.78, 5) is 25.5. The van der Waals surface area contributed by atoms with Crippen LogP contribution in [0.5, 0.6) is 17.2 Å². The van der Waals surface area contributed by atoms with E-state index in [9.17, 15) is 9.59 Å². The summed E-state index contributed by atoms with van der Waals surface area (Å²) in [7, 11) is 4.55. The van der Waals surface area contributed by atoms with E-state index in [1.165, 1.54) is 21.3 Å². The number of thiocarbonyl (C=S) groups is 1. The highest BCUT2D eigenvalue weighted by atomic mass is 32.2. The zero-order chi connectivity index (χ0) is 21.7. The molecule has 1 aliphatic rings. The molecule has 7 nitrogen and oxygen atoms in total. The van der Waals surface area contributed by atoms with Crippen molar-refractivity contribution in [3.8, 4) is 17.2 Å². The van der Waals surface area contributed by atoms with E-state index in [2.05, 4.69) is 5.43 Å². The monoisotopic (exact) mass is 444 g/mol. The number of rotatable bonds is 7. The SMILES string of the molecule is COc1cc(/C=C2\SC(=S)N(NC(=O)Cc3ccccc3)C2=O)cc(OC)c1OC. The second-order valence-corrected chi connectivity index (χ2v) is 7.85. The molecule has 0 saturated carbocycles. The van der Waals surface area contributed by atoms with Gasteiger partial charge in [0.2, 0.25) is 11.7 Å². The van der Waals surface area contributed by atoms with E-state index in [-0.39, 0.29) is 16.6 Å². The maximum Gasteiger partial charge on any atom is 0.285 e. The number of carbonyl (C=O) groups is 2. The lowest BCUT2D eigenvalue weighted by Crippen LogP contribution is -2.45. The lowest BCUT2D eigenvalue weighted by molar-refractivity contribution is -0.132. The molecule has 156 valence electrons. The Morgan fingerprint density at radius 1 is 1.10 bits per heavy atom. The van der Waals surface area contributed by atoms with Gasteiger partial charge in [-0.3, -0.25) is 15.0 Å². The van der Waals surface area contributed by atoms with Crippen LogP contribution in [-0.4, -0.2) is 42.5 Å². The van der Waals surface area contributed by atoms with Crippen LogP contribution < -0.4 is 19.6 Å². The minimum atomic E-state index is -0.403. The molecule has 3 rings (SSSR count). The van der Waals surface area contributed by atoms with Gasteiger partial charge in [0.05, 0.1) is 32.7 Å². The number of thioether (sulfide) groups is 1. The Bertz CT molecular complexity index is 983. The number of nitrogens with zero attached hydrogens (tertiary/aromatic N) is 1. The highest BCUT2D eigenvalue weighted by molar-refractivity contribution is 8.26. The largest absolute Gasteiger partial charge is 0.493 e. The number of hydrogen-bond donors (Lipinski definition) is 1. The van der Waals surface area contributed by atoms with Crippen molar-refractivity contribution in [1.29, 1.82) is 0 Å². The summed E-state index contributed by atoms with van der Waals surface area (Å²) in [5.41, 5.74) is 4.09. The van der Waals surface area contributed by atoms with Gasteiger partial charge in [-0.25, -0.2) is 0 Å². The van der Waals surface area contributed by atoms with E-state index >= 15 is 0 Å². The average Bonchev–Trinajstić information content (AvgIpc) is 3.00. The Morgan fingerprint density at radius 2 is 1.73 bits per heavy atom. The molecule has 1 aliphatic heterocycles. The number of hydrogen-bond acceptors (Lipinski definition) is 7. The second-order valence-electron chi connectivity index (χ2n) is 6.17. The highest BCUT2D eigenvalue weighted by Crippen LogP contribution is 2.40. The van der Waals surface area contributed by atoms with Gasteiger partial charge in [-0.15, -0.1) is 0 Å². The molecule has 30 heavy (non-hydrogen) atoms. The Kier molecular flexibility index (Phi) is 6.96. The van der Waals surface area contributed by atoms with Gasteiger partial charge in [-0.1, -0.05) is 42.1 Å². The van der Waals surface area contributed by atoms with Crippen LogP contribution in [0.4, 0.5) is 0 Å². The first-order valence-electron chi connectivity index (χ1n) is 8.88. The van der Waals surface area contributed by atoms with Crippen LogP contribution in [0.25, 0.3) is 6.08 Å². The van der Waals surface area contributed by atoms with Gasteiger partial charge in [0.15, 0.2) is 15.8 Å². The summed E-state index contributed by atoms with van der Waals surface area (Å²) in [6, 6.07) is 12.7. The van der Waals surface area contributed by atoms with Gasteiger partial charge in [-0.05, 0) is 41.6 Å². The third-order valence-electron chi connectivity index (χ3n) is 4.22. The van der Waals surface area contributed by atoms with Crippen molar-refractivity contribution in [1.82, 2.24) is 10.4 Å². The van der Waals surface area contributed by atoms with Gasteiger partial charge in [0.25, 0.3) is 5.91 Å². The third kappa shape index (κ3) is 4.74. The normalized spacial score (nSPS) is 14.8. The molecular formula is C21H20N2O5S2. The van der Waals surface area contributed by atoms with E-state index in [0.717, 1.165) is 22.3 Å². The molecule has 9 heteroatoms. The summed E-state index contributed by atoms with van der Waals surface area (Å²) in [5, 5.41) is 1.09. The minimum absolute atomic E-state index is 0.143. The van der Waals surface area contributed by atoms with Gasteiger partial charge < -0.3 is 14.2 Å². The van der Waals surface area contributed by atoms with Crippen molar-refractivity contribution < 1.29 is 23.8 Å². The quantitative estimate of drug-likeness (QED) is 0.519. The summed E-state index contributed by atoms with van der Waals surface area (Å²) in [6.45, 7) is 0. The fourth-order valence-corrected chi connectivity index (χ4v) is 4.03. The molecule has 0 radical (unpaired) electrons. The van der Waals surface area contributed by atoms with Crippen molar-refractivity contribution in [2.24, 2.45) is 0 Å². The smallest absolute Gasteiger partial charge is 0.285 e. The maximum absolute atomic E-state index is 12.8. The molecule has 1 saturated heterocycles. The molecule has 0 atom stereocenters. The van der Waals surface area contributed by atoms with Gasteiger partial charge in [-0.2, -0.15) is 5.01 Å². The number of ether oxygens (including phenoxy) is 3. The Labute approximate surface area is 184 Å². The van der Waals surface area contributed by atoms with Crippen LogP contribution in [0, 0.1) is 0 Å². The van der Waals surface area contributed by atoms with Gasteiger partial charge in [0, 0.05) is 0 Å². The topological polar surface area (TPSA) is 77.1 Å². The van der Waals surface area contributed by atoms with E-state index in [1.807, 2.05) is 30.3 Å². The lowest BCUT2D eigenvalue weighted by atomic mass is 10.1. The van der Waals surface area contributed by atoms with Crippen LogP contribution >= 0.6 is 24.0 Å². The molecule has 1 heterocycles. The van der Waals surface area contributed by atoms with Crippen LogP contribution in [0.15, 0.2) is 47.4 Å². The van der Waals surface area contributed by atoms with E-state index < -0.39 is 5.91 Å². The highest BCUT2D eigenvalue weighted by Gasteiger charge is 2.33. The second kappa shape index (κ2) is 9.64. The first kappa shape index (κ1) is 21.7. The molecule has 2 aromatic carbocycles. The average molecular weight is 445 g/mol. The van der Waals surface area contributed by atoms with E-state index in [0.29, 0.717) is 27.7 Å². The van der Waals surface area contributed by atoms with Gasteiger partial charge in [0.1, 0.15) is 0 Å². The molecule has 1 fully saturated rings. The predicted molar refractivity (Wildman–Crippen MR) is 119 cm³/mol. The fraction of sp³-hybridized carbons (Fsp3) is 0.190. The van der Waals surface area contributed by atoms with Crippen molar-refractivity contribution in [2.45, 2.75) is 6.42 Å². The summed E-state index contributed by atoms with van der Waals surface area (Å²) in [6.07, 6.45) is 1.80. The van der Waals surface area contributed by atoms with Crippen molar-refractivity contribution >= 4 is 46.2 Å². The standard InChI is InChI=1S/C21H20N2O5S2/c1-26-15-9-14(10-16(27-2)19(15)28-3)11-17-20(25)23(21(29)30-17)22-18(24)12-13-7-5-4-6-8-13/h4-11H,12H2,1-3H3,(H,22,24)/b17-11-. The minimum Gasteiger partial charge on any atom is -0.493 e. The van der Waals surface area contributed by atoms with Crippen LogP contribution in [0.3, 0.4) is 0 Å². The number of amides is 2. The molecule has 0 spiro atoms. The predicted octanol–water partition coefficient (Wildman–Crippen LogP) is 3.19. The molecule has 0 aliphatic carbocycles. The molecule has 0 bridgehead atoms. The first-order chi connectivity index (χ1) is 14.5. The Hall–Kier alpha value is -3.04. The first-order valence-corrected chi connectivity index (χ1v) is 10.1. The molecule has 2 aromatic rings. The van der Waals surface area contributed by atoms with E-state index in [4.69, 9.17) is 26.4 Å². The summed E-state index contributed by atoms with van der Waals surface area (Å²) < 4.78 is 16.2. The zero-order valence-electron chi connectivity index (χ0n) is 16.6. The van der Waals surface area contributed by atoms with Gasteiger partial charge >= 0.3 is 0 Å². The number of carbonyl (C=O) groups excluding carboxylic acids is 2. The fourth-order valence-electron chi connectivity index (χ4n) is 2.85. The van der Waals surface area contributed by atoms with Crippen LogP contribution in [0.1, 0.15) is 11.1 Å². The number of benzene rings is 2. The van der Waals surface area contributed by atoms with Crippen LogP contribution in [-0.2, 0) is 16.0 Å².